The molecular formula is C12H13NO5. The summed E-state index contributed by atoms with van der Waals surface area (Å²) in [5.41, 5.74) is 0.426. The van der Waals surface area contributed by atoms with Gasteiger partial charge in [0.1, 0.15) is 5.92 Å². The van der Waals surface area contributed by atoms with Crippen molar-refractivity contribution in [1.82, 2.24) is 0 Å². The van der Waals surface area contributed by atoms with Crippen LogP contribution in [-0.2, 0) is 9.53 Å². The molecule has 1 unspecified atom stereocenters. The Labute approximate surface area is 104 Å². The number of carbonyl (C=O) groups is 2. The van der Waals surface area contributed by atoms with E-state index in [0.29, 0.717) is 5.56 Å². The van der Waals surface area contributed by atoms with Gasteiger partial charge in [-0.15, -0.1) is 0 Å². The van der Waals surface area contributed by atoms with Crippen molar-refractivity contribution in [2.75, 3.05) is 13.7 Å². The molecule has 0 spiro atoms. The van der Waals surface area contributed by atoms with Gasteiger partial charge < -0.3 is 4.74 Å². The lowest BCUT2D eigenvalue weighted by Gasteiger charge is -2.09. The van der Waals surface area contributed by atoms with Crippen molar-refractivity contribution in [2.24, 2.45) is 5.92 Å². The lowest BCUT2D eigenvalue weighted by Crippen LogP contribution is -2.27. The van der Waals surface area contributed by atoms with Crippen molar-refractivity contribution in [3.05, 3.63) is 46.0 Å². The van der Waals surface area contributed by atoms with E-state index in [9.17, 15) is 19.7 Å². The molecular weight excluding hydrogens is 238 g/mol. The number of ether oxygens (including phenoxy) is 1. The first-order valence-corrected chi connectivity index (χ1v) is 5.32. The van der Waals surface area contributed by atoms with Gasteiger partial charge in [-0.3, -0.25) is 19.7 Å². The molecule has 1 aromatic carbocycles. The summed E-state index contributed by atoms with van der Waals surface area (Å²) in [6.45, 7) is -0.606. The standard InChI is InChI=1S/C12H13NO5/c1-18-12(15)10(8-13(16)17)7-11(14)9-5-3-2-4-6-9/h2-6,10H,7-8H2,1H3. The molecule has 6 heteroatoms. The zero-order chi connectivity index (χ0) is 13.5. The van der Waals surface area contributed by atoms with Crippen LogP contribution in [0.1, 0.15) is 16.8 Å². The van der Waals surface area contributed by atoms with Crippen LogP contribution >= 0.6 is 0 Å². The Hall–Kier alpha value is -2.24. The number of nitrogens with zero attached hydrogens (tertiary/aromatic N) is 1. The van der Waals surface area contributed by atoms with Crippen molar-refractivity contribution < 1.29 is 19.2 Å². The Morgan fingerprint density at radius 2 is 1.94 bits per heavy atom. The number of methoxy groups -OCH3 is 1. The Balaban J connectivity index is 2.74. The maximum atomic E-state index is 11.8. The average molecular weight is 251 g/mol. The molecule has 0 aliphatic rings. The van der Waals surface area contributed by atoms with Crippen LogP contribution in [0.5, 0.6) is 0 Å². The van der Waals surface area contributed by atoms with Gasteiger partial charge in [0, 0.05) is 16.9 Å². The van der Waals surface area contributed by atoms with Crippen molar-refractivity contribution in [3.63, 3.8) is 0 Å². The average Bonchev–Trinajstić information content (AvgIpc) is 2.37. The minimum absolute atomic E-state index is 0.225. The summed E-state index contributed by atoms with van der Waals surface area (Å²) in [6, 6.07) is 8.33. The van der Waals surface area contributed by atoms with E-state index in [2.05, 4.69) is 4.74 Å². The maximum Gasteiger partial charge on any atom is 0.315 e. The van der Waals surface area contributed by atoms with Crippen LogP contribution in [0.2, 0.25) is 0 Å². The summed E-state index contributed by atoms with van der Waals surface area (Å²) >= 11 is 0. The smallest absolute Gasteiger partial charge is 0.315 e. The Kier molecular flexibility index (Phi) is 4.98. The van der Waals surface area contributed by atoms with E-state index in [4.69, 9.17) is 0 Å². The molecule has 0 bridgehead atoms. The molecule has 1 atom stereocenters. The molecule has 0 aromatic heterocycles. The number of benzene rings is 1. The third-order valence-electron chi connectivity index (χ3n) is 2.43. The highest BCUT2D eigenvalue weighted by molar-refractivity contribution is 5.98. The molecule has 0 aliphatic heterocycles. The van der Waals surface area contributed by atoms with Gasteiger partial charge in [0.2, 0.25) is 6.54 Å². The predicted molar refractivity (Wildman–Crippen MR) is 62.8 cm³/mol. The lowest BCUT2D eigenvalue weighted by molar-refractivity contribution is -0.485. The second-order valence-corrected chi connectivity index (χ2v) is 3.73. The third kappa shape index (κ3) is 3.97. The molecule has 0 saturated carbocycles. The van der Waals surface area contributed by atoms with E-state index in [-0.39, 0.29) is 12.2 Å². The van der Waals surface area contributed by atoms with Crippen molar-refractivity contribution in [2.45, 2.75) is 6.42 Å². The minimum atomic E-state index is -1.04. The summed E-state index contributed by atoms with van der Waals surface area (Å²) in [5, 5.41) is 10.4. The van der Waals surface area contributed by atoms with E-state index in [1.165, 1.54) is 0 Å². The van der Waals surface area contributed by atoms with Crippen molar-refractivity contribution in [1.29, 1.82) is 0 Å². The summed E-state index contributed by atoms with van der Waals surface area (Å²) in [6.07, 6.45) is -0.225. The Bertz CT molecular complexity index is 443. The molecule has 1 rings (SSSR count). The first kappa shape index (κ1) is 13.8. The second-order valence-electron chi connectivity index (χ2n) is 3.73. The number of hydrogen-bond acceptors (Lipinski definition) is 5. The van der Waals surface area contributed by atoms with Crippen LogP contribution in [0.15, 0.2) is 30.3 Å². The second kappa shape index (κ2) is 6.48. The lowest BCUT2D eigenvalue weighted by atomic mass is 9.98. The van der Waals surface area contributed by atoms with E-state index < -0.39 is 23.4 Å². The fourth-order valence-corrected chi connectivity index (χ4v) is 1.53. The van der Waals surface area contributed by atoms with Crippen LogP contribution in [0.4, 0.5) is 0 Å². The van der Waals surface area contributed by atoms with Crippen molar-refractivity contribution in [3.8, 4) is 0 Å². The largest absolute Gasteiger partial charge is 0.469 e. The monoisotopic (exact) mass is 251 g/mol. The fraction of sp³-hybridized carbons (Fsp3) is 0.333. The van der Waals surface area contributed by atoms with Gasteiger partial charge in [-0.1, -0.05) is 30.3 Å². The van der Waals surface area contributed by atoms with Crippen LogP contribution in [-0.4, -0.2) is 30.3 Å². The molecule has 0 amide bonds. The summed E-state index contributed by atoms with van der Waals surface area (Å²) < 4.78 is 4.45. The van der Waals surface area contributed by atoms with Gasteiger partial charge in [0.05, 0.1) is 7.11 Å². The van der Waals surface area contributed by atoms with Gasteiger partial charge in [-0.2, -0.15) is 0 Å². The molecule has 0 heterocycles. The topological polar surface area (TPSA) is 86.5 Å². The number of ketones is 1. The number of rotatable bonds is 6. The number of carbonyl (C=O) groups excluding carboxylic acids is 2. The Morgan fingerprint density at radius 3 is 2.44 bits per heavy atom. The summed E-state index contributed by atoms with van der Waals surface area (Å²) in [7, 11) is 1.14. The normalized spacial score (nSPS) is 11.6. The number of esters is 1. The maximum absolute atomic E-state index is 11.8. The molecule has 0 saturated heterocycles. The molecule has 0 fully saturated rings. The van der Waals surface area contributed by atoms with Gasteiger partial charge in [-0.05, 0) is 0 Å². The molecule has 18 heavy (non-hydrogen) atoms. The SMILES string of the molecule is COC(=O)C(CC(=O)c1ccccc1)C[N+](=O)[O-]. The summed E-state index contributed by atoms with van der Waals surface area (Å²) in [4.78, 5) is 33.0. The van der Waals surface area contributed by atoms with E-state index in [1.54, 1.807) is 30.3 Å². The Morgan fingerprint density at radius 1 is 1.33 bits per heavy atom. The van der Waals surface area contributed by atoms with Gasteiger partial charge in [-0.25, -0.2) is 0 Å². The number of nitro groups is 1. The van der Waals surface area contributed by atoms with Crippen molar-refractivity contribution >= 4 is 11.8 Å². The summed E-state index contributed by atoms with van der Waals surface area (Å²) in [5.74, 6) is -2.10. The predicted octanol–water partition coefficient (Wildman–Crippen LogP) is 1.33. The van der Waals surface area contributed by atoms with Gasteiger partial charge in [0.15, 0.2) is 5.78 Å². The first-order chi connectivity index (χ1) is 8.54. The molecule has 0 radical (unpaired) electrons. The van der Waals surface area contributed by atoms with E-state index in [1.807, 2.05) is 0 Å². The quantitative estimate of drug-likeness (QED) is 0.329. The molecule has 96 valence electrons. The highest BCUT2D eigenvalue weighted by Crippen LogP contribution is 2.12. The van der Waals surface area contributed by atoms with Crippen LogP contribution in [0, 0.1) is 16.0 Å². The van der Waals surface area contributed by atoms with Crippen LogP contribution in [0.3, 0.4) is 0 Å². The van der Waals surface area contributed by atoms with Crippen LogP contribution in [0.25, 0.3) is 0 Å². The third-order valence-corrected chi connectivity index (χ3v) is 2.43. The highest BCUT2D eigenvalue weighted by atomic mass is 16.6. The molecule has 0 aliphatic carbocycles. The molecule has 1 aromatic rings. The highest BCUT2D eigenvalue weighted by Gasteiger charge is 2.28. The van der Waals surface area contributed by atoms with E-state index in [0.717, 1.165) is 7.11 Å². The molecule has 0 N–H and O–H groups in total. The zero-order valence-corrected chi connectivity index (χ0v) is 9.87. The molecule has 6 nitrogen and oxygen atoms in total. The fourth-order valence-electron chi connectivity index (χ4n) is 1.53. The number of hydrogen-bond donors (Lipinski definition) is 0. The number of Topliss-reactive ketones (excluding diaryl/α,β-unsaturated/α-hetero) is 1. The zero-order valence-electron chi connectivity index (χ0n) is 9.87. The minimum Gasteiger partial charge on any atom is -0.469 e. The van der Waals surface area contributed by atoms with Gasteiger partial charge in [0.25, 0.3) is 0 Å². The first-order valence-electron chi connectivity index (χ1n) is 5.32. The van der Waals surface area contributed by atoms with E-state index >= 15 is 0 Å². The van der Waals surface area contributed by atoms with Gasteiger partial charge >= 0.3 is 5.97 Å². The van der Waals surface area contributed by atoms with Crippen LogP contribution < -0.4 is 0 Å².